The molecule has 0 aromatic carbocycles. The number of alkyl halides is 1. The number of likely N-dealkylation sites (tertiary alicyclic amines) is 1. The van der Waals surface area contributed by atoms with Gasteiger partial charge < -0.3 is 4.90 Å². The van der Waals surface area contributed by atoms with Crippen LogP contribution in [0.2, 0.25) is 0 Å². The van der Waals surface area contributed by atoms with Crippen LogP contribution in [0.4, 0.5) is 4.39 Å². The third kappa shape index (κ3) is 2.05. The highest BCUT2D eigenvalue weighted by molar-refractivity contribution is 5.92. The molecular weight excluding hydrogens is 207 g/mol. The van der Waals surface area contributed by atoms with Crippen molar-refractivity contribution in [3.05, 3.63) is 29.6 Å². The molecule has 1 aromatic heterocycles. The van der Waals surface area contributed by atoms with Crippen LogP contribution < -0.4 is 0 Å². The third-order valence-corrected chi connectivity index (χ3v) is 2.71. The Hall–Kier alpha value is -1.45. The van der Waals surface area contributed by atoms with Gasteiger partial charge in [-0.1, -0.05) is 19.9 Å². The van der Waals surface area contributed by atoms with Crippen LogP contribution in [0.15, 0.2) is 18.2 Å². The van der Waals surface area contributed by atoms with Crippen LogP contribution in [0.3, 0.4) is 0 Å². The molecule has 2 rings (SSSR count). The Morgan fingerprint density at radius 3 is 2.75 bits per heavy atom. The average Bonchev–Trinajstić information content (AvgIpc) is 2.24. The van der Waals surface area contributed by atoms with Crippen molar-refractivity contribution in [2.24, 2.45) is 0 Å². The van der Waals surface area contributed by atoms with E-state index in [0.29, 0.717) is 5.69 Å². The first kappa shape index (κ1) is 11.0. The SMILES string of the molecule is CC(C)c1cccc(C(=O)N2CC(F)C2)n1. The van der Waals surface area contributed by atoms with Crippen molar-refractivity contribution in [1.82, 2.24) is 9.88 Å². The monoisotopic (exact) mass is 222 g/mol. The van der Waals surface area contributed by atoms with Gasteiger partial charge in [0, 0.05) is 5.69 Å². The second kappa shape index (κ2) is 4.20. The number of aromatic nitrogens is 1. The first-order chi connectivity index (χ1) is 7.58. The first-order valence-electron chi connectivity index (χ1n) is 5.48. The van der Waals surface area contributed by atoms with Crippen LogP contribution >= 0.6 is 0 Å². The molecule has 3 nitrogen and oxygen atoms in total. The van der Waals surface area contributed by atoms with Crippen LogP contribution in [-0.2, 0) is 0 Å². The molecule has 1 aliphatic heterocycles. The molecule has 1 saturated heterocycles. The summed E-state index contributed by atoms with van der Waals surface area (Å²) < 4.78 is 12.6. The molecule has 0 radical (unpaired) electrons. The predicted octanol–water partition coefficient (Wildman–Crippen LogP) is 2.00. The number of amides is 1. The number of carbonyl (C=O) groups is 1. The maximum Gasteiger partial charge on any atom is 0.272 e. The summed E-state index contributed by atoms with van der Waals surface area (Å²) in [5.41, 5.74) is 1.31. The molecular formula is C12H15FN2O. The molecule has 86 valence electrons. The lowest BCUT2D eigenvalue weighted by Crippen LogP contribution is -2.51. The summed E-state index contributed by atoms with van der Waals surface area (Å²) in [4.78, 5) is 17.6. The molecule has 0 bridgehead atoms. The number of halogens is 1. The number of hydrogen-bond donors (Lipinski definition) is 0. The lowest BCUT2D eigenvalue weighted by Gasteiger charge is -2.34. The standard InChI is InChI=1S/C12H15FN2O/c1-8(2)10-4-3-5-11(14-10)12(16)15-6-9(13)7-15/h3-5,8-9H,6-7H2,1-2H3. The van der Waals surface area contributed by atoms with E-state index in [9.17, 15) is 9.18 Å². The predicted molar refractivity (Wildman–Crippen MR) is 59.1 cm³/mol. The zero-order valence-corrected chi connectivity index (χ0v) is 9.48. The van der Waals surface area contributed by atoms with E-state index in [0.717, 1.165) is 5.69 Å². The Labute approximate surface area is 94.3 Å². The largest absolute Gasteiger partial charge is 0.331 e. The van der Waals surface area contributed by atoms with Crippen LogP contribution in [0.1, 0.15) is 35.9 Å². The first-order valence-corrected chi connectivity index (χ1v) is 5.48. The van der Waals surface area contributed by atoms with Crippen molar-refractivity contribution < 1.29 is 9.18 Å². The second-order valence-corrected chi connectivity index (χ2v) is 4.41. The number of pyridine rings is 1. The van der Waals surface area contributed by atoms with Crippen LogP contribution in [0.25, 0.3) is 0 Å². The van der Waals surface area contributed by atoms with Crippen LogP contribution in [-0.4, -0.2) is 35.1 Å². The van der Waals surface area contributed by atoms with E-state index in [1.807, 2.05) is 26.0 Å². The second-order valence-electron chi connectivity index (χ2n) is 4.41. The summed E-state index contributed by atoms with van der Waals surface area (Å²) in [6.07, 6.45) is -0.864. The van der Waals surface area contributed by atoms with E-state index in [1.54, 1.807) is 6.07 Å². The summed E-state index contributed by atoms with van der Waals surface area (Å²) in [6.45, 7) is 4.45. The molecule has 0 atom stereocenters. The number of carbonyl (C=O) groups excluding carboxylic acids is 1. The Kier molecular flexibility index (Phi) is 2.90. The lowest BCUT2D eigenvalue weighted by molar-refractivity contribution is 0.0394. The zero-order valence-electron chi connectivity index (χ0n) is 9.48. The Bertz CT molecular complexity index is 400. The fourth-order valence-electron chi connectivity index (χ4n) is 1.64. The highest BCUT2D eigenvalue weighted by atomic mass is 19.1. The van der Waals surface area contributed by atoms with E-state index in [4.69, 9.17) is 0 Å². The molecule has 0 aliphatic carbocycles. The molecule has 1 aromatic rings. The van der Waals surface area contributed by atoms with Gasteiger partial charge in [-0.3, -0.25) is 4.79 Å². The summed E-state index contributed by atoms with van der Waals surface area (Å²) in [7, 11) is 0. The molecule has 0 spiro atoms. The van der Waals surface area contributed by atoms with Crippen LogP contribution in [0, 0.1) is 0 Å². The molecule has 2 heterocycles. The van der Waals surface area contributed by atoms with Gasteiger partial charge in [0.15, 0.2) is 0 Å². The quantitative estimate of drug-likeness (QED) is 0.766. The maximum absolute atomic E-state index is 12.6. The Balaban J connectivity index is 2.14. The zero-order chi connectivity index (χ0) is 11.7. The van der Waals surface area contributed by atoms with Gasteiger partial charge in [-0.15, -0.1) is 0 Å². The van der Waals surface area contributed by atoms with Crippen molar-refractivity contribution >= 4 is 5.91 Å². The molecule has 16 heavy (non-hydrogen) atoms. The van der Waals surface area contributed by atoms with Crippen molar-refractivity contribution in [3.63, 3.8) is 0 Å². The fourth-order valence-corrected chi connectivity index (χ4v) is 1.64. The van der Waals surface area contributed by atoms with Crippen molar-refractivity contribution in [2.45, 2.75) is 25.9 Å². The molecule has 0 N–H and O–H groups in total. The van der Waals surface area contributed by atoms with Gasteiger partial charge in [0.25, 0.3) is 5.91 Å². The number of rotatable bonds is 2. The fraction of sp³-hybridized carbons (Fsp3) is 0.500. The minimum absolute atomic E-state index is 0.170. The third-order valence-electron chi connectivity index (χ3n) is 2.71. The molecule has 1 aliphatic rings. The summed E-state index contributed by atoms with van der Waals surface area (Å²) in [6, 6.07) is 5.40. The van der Waals surface area contributed by atoms with Gasteiger partial charge in [0.05, 0.1) is 13.1 Å². The lowest BCUT2D eigenvalue weighted by atomic mass is 10.1. The maximum atomic E-state index is 12.6. The van der Waals surface area contributed by atoms with Crippen molar-refractivity contribution in [1.29, 1.82) is 0 Å². The van der Waals surface area contributed by atoms with E-state index < -0.39 is 6.17 Å². The Morgan fingerprint density at radius 2 is 2.19 bits per heavy atom. The van der Waals surface area contributed by atoms with E-state index in [1.165, 1.54) is 4.90 Å². The van der Waals surface area contributed by atoms with Gasteiger partial charge in [0.2, 0.25) is 0 Å². The summed E-state index contributed by atoms with van der Waals surface area (Å²) >= 11 is 0. The van der Waals surface area contributed by atoms with Crippen molar-refractivity contribution in [2.75, 3.05) is 13.1 Å². The highest BCUT2D eigenvalue weighted by Gasteiger charge is 2.31. The Morgan fingerprint density at radius 1 is 1.50 bits per heavy atom. The van der Waals surface area contributed by atoms with Gasteiger partial charge in [-0.2, -0.15) is 0 Å². The molecule has 0 saturated carbocycles. The van der Waals surface area contributed by atoms with Crippen LogP contribution in [0.5, 0.6) is 0 Å². The van der Waals surface area contributed by atoms with Gasteiger partial charge in [-0.25, -0.2) is 9.37 Å². The molecule has 4 heteroatoms. The van der Waals surface area contributed by atoms with E-state index in [-0.39, 0.29) is 24.9 Å². The topological polar surface area (TPSA) is 33.2 Å². The highest BCUT2D eigenvalue weighted by Crippen LogP contribution is 2.16. The molecule has 1 fully saturated rings. The minimum atomic E-state index is -0.864. The minimum Gasteiger partial charge on any atom is -0.331 e. The molecule has 0 unspecified atom stereocenters. The van der Waals surface area contributed by atoms with Crippen molar-refractivity contribution in [3.8, 4) is 0 Å². The van der Waals surface area contributed by atoms with Gasteiger partial charge in [-0.05, 0) is 18.1 Å². The summed E-state index contributed by atoms with van der Waals surface area (Å²) in [5, 5.41) is 0. The molecule has 1 amide bonds. The summed E-state index contributed by atoms with van der Waals surface area (Å²) in [5.74, 6) is 0.120. The average molecular weight is 222 g/mol. The normalized spacial score (nSPS) is 16.4. The smallest absolute Gasteiger partial charge is 0.272 e. The number of hydrogen-bond acceptors (Lipinski definition) is 2. The van der Waals surface area contributed by atoms with E-state index in [2.05, 4.69) is 4.98 Å². The van der Waals surface area contributed by atoms with E-state index >= 15 is 0 Å². The van der Waals surface area contributed by atoms with Gasteiger partial charge >= 0.3 is 0 Å². The number of nitrogens with zero attached hydrogens (tertiary/aromatic N) is 2. The van der Waals surface area contributed by atoms with Gasteiger partial charge in [0.1, 0.15) is 11.9 Å².